The third-order valence-corrected chi connectivity index (χ3v) is 4.19. The summed E-state index contributed by atoms with van der Waals surface area (Å²) in [4.78, 5) is 0. The lowest BCUT2D eigenvalue weighted by atomic mass is 10.1. The van der Waals surface area contributed by atoms with Gasteiger partial charge in [0, 0.05) is 6.04 Å². The molecule has 2 N–H and O–H groups in total. The molecule has 1 heterocycles. The number of nitrogens with two attached hydrogens (primary N) is 1. The van der Waals surface area contributed by atoms with Crippen molar-refractivity contribution in [2.45, 2.75) is 25.5 Å². The summed E-state index contributed by atoms with van der Waals surface area (Å²) in [5.41, 5.74) is 5.81. The molecule has 4 atom stereocenters. The molecule has 0 amide bonds. The summed E-state index contributed by atoms with van der Waals surface area (Å²) < 4.78 is 27.2. The van der Waals surface area contributed by atoms with Crippen LogP contribution < -0.4 is 5.73 Å². The SMILES string of the molecule is CC1CC2CS(=O)(=O)OC1C2N. The Morgan fingerprint density at radius 1 is 1.50 bits per heavy atom. The van der Waals surface area contributed by atoms with Gasteiger partial charge in [0.2, 0.25) is 0 Å². The van der Waals surface area contributed by atoms with E-state index >= 15 is 0 Å². The molecule has 0 spiro atoms. The van der Waals surface area contributed by atoms with Crippen LogP contribution in [-0.2, 0) is 14.3 Å². The molecule has 2 aliphatic rings. The van der Waals surface area contributed by atoms with Gasteiger partial charge in [-0.1, -0.05) is 6.92 Å². The summed E-state index contributed by atoms with van der Waals surface area (Å²) in [6, 6.07) is -0.0801. The zero-order valence-corrected chi connectivity index (χ0v) is 7.75. The molecule has 4 nitrogen and oxygen atoms in total. The van der Waals surface area contributed by atoms with Crippen LogP contribution in [0.3, 0.4) is 0 Å². The van der Waals surface area contributed by atoms with Crippen molar-refractivity contribution in [1.29, 1.82) is 0 Å². The topological polar surface area (TPSA) is 69.4 Å². The van der Waals surface area contributed by atoms with E-state index in [4.69, 9.17) is 9.92 Å². The summed E-state index contributed by atoms with van der Waals surface area (Å²) in [6.45, 7) is 1.99. The van der Waals surface area contributed by atoms with Gasteiger partial charge in [-0.15, -0.1) is 0 Å². The van der Waals surface area contributed by atoms with Crippen LogP contribution in [-0.4, -0.2) is 26.3 Å². The normalized spacial score (nSPS) is 50.8. The maximum atomic E-state index is 11.1. The molecule has 70 valence electrons. The Bertz CT molecular complexity index is 287. The van der Waals surface area contributed by atoms with Crippen LogP contribution in [0.15, 0.2) is 0 Å². The average molecular weight is 191 g/mol. The van der Waals surface area contributed by atoms with Gasteiger partial charge in [0.15, 0.2) is 0 Å². The molecule has 0 aromatic rings. The molecule has 2 rings (SSSR count). The minimum absolute atomic E-state index is 0.0801. The van der Waals surface area contributed by atoms with Gasteiger partial charge in [0.1, 0.15) is 0 Å². The number of hydrogen-bond acceptors (Lipinski definition) is 4. The highest BCUT2D eigenvalue weighted by Gasteiger charge is 2.48. The van der Waals surface area contributed by atoms with E-state index in [2.05, 4.69) is 0 Å². The van der Waals surface area contributed by atoms with Crippen molar-refractivity contribution < 1.29 is 12.6 Å². The molecule has 1 saturated heterocycles. The van der Waals surface area contributed by atoms with Crippen LogP contribution in [0.5, 0.6) is 0 Å². The molecule has 2 bridgehead atoms. The summed E-state index contributed by atoms with van der Waals surface area (Å²) >= 11 is 0. The molecule has 4 unspecified atom stereocenters. The maximum absolute atomic E-state index is 11.1. The Hall–Kier alpha value is -0.130. The molecule has 0 radical (unpaired) electrons. The van der Waals surface area contributed by atoms with Gasteiger partial charge >= 0.3 is 0 Å². The molecule has 5 heteroatoms. The lowest BCUT2D eigenvalue weighted by Gasteiger charge is -2.26. The highest BCUT2D eigenvalue weighted by Crippen LogP contribution is 2.38. The van der Waals surface area contributed by atoms with E-state index < -0.39 is 10.1 Å². The molecule has 12 heavy (non-hydrogen) atoms. The van der Waals surface area contributed by atoms with Crippen LogP contribution in [0, 0.1) is 11.8 Å². The van der Waals surface area contributed by atoms with Gasteiger partial charge in [0.05, 0.1) is 11.9 Å². The van der Waals surface area contributed by atoms with Gasteiger partial charge in [-0.25, -0.2) is 0 Å². The Labute approximate surface area is 72.2 Å². The predicted octanol–water partition coefficient (Wildman–Crippen LogP) is -0.302. The number of hydrogen-bond donors (Lipinski definition) is 1. The van der Waals surface area contributed by atoms with Gasteiger partial charge in [0.25, 0.3) is 10.1 Å². The third-order valence-electron chi connectivity index (χ3n) is 2.83. The molecule has 0 aromatic carbocycles. The quantitative estimate of drug-likeness (QED) is 0.534. The van der Waals surface area contributed by atoms with Crippen LogP contribution >= 0.6 is 0 Å². The Morgan fingerprint density at radius 3 is 2.75 bits per heavy atom. The van der Waals surface area contributed by atoms with Crippen molar-refractivity contribution in [3.05, 3.63) is 0 Å². The molecule has 0 aromatic heterocycles. The Kier molecular flexibility index (Phi) is 1.72. The van der Waals surface area contributed by atoms with Crippen molar-refractivity contribution in [3.8, 4) is 0 Å². The summed E-state index contributed by atoms with van der Waals surface area (Å²) in [5.74, 6) is 0.501. The summed E-state index contributed by atoms with van der Waals surface area (Å²) in [6.07, 6.45) is 0.610. The van der Waals surface area contributed by atoms with E-state index in [1.807, 2.05) is 6.92 Å². The fraction of sp³-hybridized carbons (Fsp3) is 1.00. The summed E-state index contributed by atoms with van der Waals surface area (Å²) in [5, 5.41) is 0. The van der Waals surface area contributed by atoms with E-state index in [1.165, 1.54) is 0 Å². The van der Waals surface area contributed by atoms with E-state index in [1.54, 1.807) is 0 Å². The van der Waals surface area contributed by atoms with Gasteiger partial charge < -0.3 is 5.73 Å². The van der Waals surface area contributed by atoms with Crippen molar-refractivity contribution in [2.75, 3.05) is 5.75 Å². The van der Waals surface area contributed by atoms with Gasteiger partial charge in [-0.2, -0.15) is 8.42 Å². The predicted molar refractivity (Wildman–Crippen MR) is 43.9 cm³/mol. The largest absolute Gasteiger partial charge is 0.325 e. The van der Waals surface area contributed by atoms with E-state index in [9.17, 15) is 8.42 Å². The third kappa shape index (κ3) is 1.16. The standard InChI is InChI=1S/C7H13NO3S/c1-4-2-5-3-12(9,10)11-7(4)6(5)8/h4-7H,2-3,8H2,1H3. The molecule has 1 saturated carbocycles. The maximum Gasteiger partial charge on any atom is 0.267 e. The minimum Gasteiger partial charge on any atom is -0.325 e. The highest BCUT2D eigenvalue weighted by atomic mass is 32.2. The average Bonchev–Trinajstić information content (AvgIpc) is 2.16. The Morgan fingerprint density at radius 2 is 2.17 bits per heavy atom. The zero-order chi connectivity index (χ0) is 8.93. The van der Waals surface area contributed by atoms with Crippen LogP contribution in [0.4, 0.5) is 0 Å². The van der Waals surface area contributed by atoms with Crippen molar-refractivity contribution in [2.24, 2.45) is 17.6 Å². The highest BCUT2D eigenvalue weighted by molar-refractivity contribution is 7.86. The van der Waals surface area contributed by atoms with Crippen LogP contribution in [0.2, 0.25) is 0 Å². The van der Waals surface area contributed by atoms with Gasteiger partial charge in [-0.05, 0) is 18.3 Å². The van der Waals surface area contributed by atoms with Crippen molar-refractivity contribution in [1.82, 2.24) is 0 Å². The lowest BCUT2D eigenvalue weighted by Crippen LogP contribution is -2.46. The van der Waals surface area contributed by atoms with E-state index in [0.29, 0.717) is 0 Å². The smallest absolute Gasteiger partial charge is 0.267 e. The first kappa shape index (κ1) is 8.47. The number of fused-ring (bicyclic) bond motifs is 2. The lowest BCUT2D eigenvalue weighted by molar-refractivity contribution is 0.145. The van der Waals surface area contributed by atoms with Crippen LogP contribution in [0.25, 0.3) is 0 Å². The number of rotatable bonds is 0. The van der Waals surface area contributed by atoms with Crippen molar-refractivity contribution >= 4 is 10.1 Å². The van der Waals surface area contributed by atoms with Crippen molar-refractivity contribution in [3.63, 3.8) is 0 Å². The first-order valence-electron chi connectivity index (χ1n) is 4.16. The first-order chi connectivity index (χ1) is 5.49. The second-order valence-electron chi connectivity index (χ2n) is 3.84. The second-order valence-corrected chi connectivity index (χ2v) is 5.48. The molecular formula is C7H13NO3S. The molecular weight excluding hydrogens is 178 g/mol. The monoisotopic (exact) mass is 191 g/mol. The van der Waals surface area contributed by atoms with E-state index in [0.717, 1.165) is 6.42 Å². The molecule has 1 aliphatic carbocycles. The zero-order valence-electron chi connectivity index (χ0n) is 6.93. The Balaban J connectivity index is 2.30. The van der Waals surface area contributed by atoms with Gasteiger partial charge in [-0.3, -0.25) is 4.18 Å². The summed E-state index contributed by atoms with van der Waals surface area (Å²) in [7, 11) is -3.26. The first-order valence-corrected chi connectivity index (χ1v) is 5.74. The minimum atomic E-state index is -3.26. The van der Waals surface area contributed by atoms with Crippen LogP contribution in [0.1, 0.15) is 13.3 Å². The fourth-order valence-corrected chi connectivity index (χ4v) is 3.84. The molecule has 1 aliphatic heterocycles. The second kappa shape index (κ2) is 2.43. The van der Waals surface area contributed by atoms with E-state index in [-0.39, 0.29) is 29.7 Å². The molecule has 2 fully saturated rings. The fourth-order valence-electron chi connectivity index (χ4n) is 2.23.